The first-order valence-corrected chi connectivity index (χ1v) is 7.55. The number of carbonyl (C=O) groups excluding carboxylic acids is 1. The van der Waals surface area contributed by atoms with Gasteiger partial charge in [0, 0.05) is 18.7 Å². The number of ether oxygens (including phenoxy) is 1. The van der Waals surface area contributed by atoms with Crippen molar-refractivity contribution >= 4 is 23.1 Å². The molecule has 0 aliphatic carbocycles. The second-order valence-corrected chi connectivity index (χ2v) is 5.69. The van der Waals surface area contributed by atoms with E-state index in [0.29, 0.717) is 16.2 Å². The van der Waals surface area contributed by atoms with Gasteiger partial charge in [-0.1, -0.05) is 18.0 Å². The van der Waals surface area contributed by atoms with Gasteiger partial charge in [0.2, 0.25) is 0 Å². The molecule has 112 valence electrons. The lowest BCUT2D eigenvalue weighted by Crippen LogP contribution is -2.20. The molecule has 2 aromatic heterocycles. The number of imidazole rings is 1. The number of rotatable bonds is 2. The van der Waals surface area contributed by atoms with Crippen LogP contribution in [-0.4, -0.2) is 35.6 Å². The molecule has 0 radical (unpaired) electrons. The molecule has 21 heavy (non-hydrogen) atoms. The maximum absolute atomic E-state index is 12.0. The van der Waals surface area contributed by atoms with Crippen molar-refractivity contribution in [2.24, 2.45) is 0 Å². The standard InChI is InChI=1S/C15H18ClN3O2/c1-21-15(20)12-13-11(16)6-4-8-19(13)14(18-12)10-5-2-3-7-17-9-10/h4,6,8,10,17H,2-3,5,7,9H2,1H3. The average Bonchev–Trinajstić information content (AvgIpc) is 2.70. The largest absolute Gasteiger partial charge is 0.464 e. The van der Waals surface area contributed by atoms with Crippen LogP contribution in [0.5, 0.6) is 0 Å². The van der Waals surface area contributed by atoms with Crippen LogP contribution in [0.1, 0.15) is 41.5 Å². The van der Waals surface area contributed by atoms with Crippen molar-refractivity contribution in [3.8, 4) is 0 Å². The fourth-order valence-electron chi connectivity index (χ4n) is 2.89. The Morgan fingerprint density at radius 1 is 1.52 bits per heavy atom. The monoisotopic (exact) mass is 307 g/mol. The molecule has 1 saturated heterocycles. The van der Waals surface area contributed by atoms with Crippen LogP contribution in [0.2, 0.25) is 5.02 Å². The summed E-state index contributed by atoms with van der Waals surface area (Å²) in [5, 5.41) is 3.94. The number of hydrogen-bond acceptors (Lipinski definition) is 4. The molecule has 0 amide bonds. The molecule has 1 aliphatic heterocycles. The smallest absolute Gasteiger partial charge is 0.358 e. The first-order valence-electron chi connectivity index (χ1n) is 7.18. The highest BCUT2D eigenvalue weighted by Gasteiger charge is 2.25. The molecular formula is C15H18ClN3O2. The van der Waals surface area contributed by atoms with Gasteiger partial charge in [0.15, 0.2) is 5.69 Å². The van der Waals surface area contributed by atoms with Gasteiger partial charge in [0.25, 0.3) is 0 Å². The molecule has 6 heteroatoms. The number of carbonyl (C=O) groups is 1. The van der Waals surface area contributed by atoms with Gasteiger partial charge < -0.3 is 14.5 Å². The lowest BCUT2D eigenvalue weighted by atomic mass is 10.0. The summed E-state index contributed by atoms with van der Waals surface area (Å²) in [5.74, 6) is 0.701. The molecule has 0 aromatic carbocycles. The Labute approximate surface area is 128 Å². The van der Waals surface area contributed by atoms with Crippen molar-refractivity contribution in [3.63, 3.8) is 0 Å². The maximum Gasteiger partial charge on any atom is 0.358 e. The molecule has 1 atom stereocenters. The number of halogens is 1. The Morgan fingerprint density at radius 3 is 3.19 bits per heavy atom. The van der Waals surface area contributed by atoms with Gasteiger partial charge in [0.05, 0.1) is 17.6 Å². The van der Waals surface area contributed by atoms with Crippen molar-refractivity contribution in [1.29, 1.82) is 0 Å². The predicted molar refractivity (Wildman–Crippen MR) is 81.0 cm³/mol. The molecule has 1 aliphatic rings. The van der Waals surface area contributed by atoms with E-state index in [2.05, 4.69) is 10.3 Å². The number of fused-ring (bicyclic) bond motifs is 1. The van der Waals surface area contributed by atoms with Crippen LogP contribution in [0.3, 0.4) is 0 Å². The number of nitrogens with one attached hydrogen (secondary N) is 1. The highest BCUT2D eigenvalue weighted by molar-refractivity contribution is 6.34. The molecular weight excluding hydrogens is 290 g/mol. The molecule has 0 saturated carbocycles. The van der Waals surface area contributed by atoms with Crippen molar-refractivity contribution in [3.05, 3.63) is 34.9 Å². The zero-order valence-electron chi connectivity index (χ0n) is 11.9. The van der Waals surface area contributed by atoms with Crippen molar-refractivity contribution < 1.29 is 9.53 Å². The van der Waals surface area contributed by atoms with Gasteiger partial charge in [-0.25, -0.2) is 9.78 Å². The van der Waals surface area contributed by atoms with Gasteiger partial charge in [0.1, 0.15) is 5.82 Å². The minimum atomic E-state index is -0.451. The lowest BCUT2D eigenvalue weighted by Gasteiger charge is -2.13. The van der Waals surface area contributed by atoms with Crippen molar-refractivity contribution in [1.82, 2.24) is 14.7 Å². The Kier molecular flexibility index (Phi) is 4.12. The van der Waals surface area contributed by atoms with Crippen LogP contribution in [0, 0.1) is 0 Å². The van der Waals surface area contributed by atoms with Gasteiger partial charge in [-0.2, -0.15) is 0 Å². The first kappa shape index (κ1) is 14.4. The minimum absolute atomic E-state index is 0.275. The molecule has 0 spiro atoms. The quantitative estimate of drug-likeness (QED) is 0.867. The summed E-state index contributed by atoms with van der Waals surface area (Å²) in [6, 6.07) is 3.63. The highest BCUT2D eigenvalue weighted by Crippen LogP contribution is 2.29. The molecule has 3 rings (SSSR count). The summed E-state index contributed by atoms with van der Waals surface area (Å²) in [6.45, 7) is 1.90. The van der Waals surface area contributed by atoms with Crippen LogP contribution in [0.25, 0.3) is 5.52 Å². The van der Waals surface area contributed by atoms with E-state index >= 15 is 0 Å². The number of nitrogens with zero attached hydrogens (tertiary/aromatic N) is 2. The Morgan fingerprint density at radius 2 is 2.38 bits per heavy atom. The van der Waals surface area contributed by atoms with Gasteiger partial charge in [-0.05, 0) is 31.5 Å². The fourth-order valence-corrected chi connectivity index (χ4v) is 3.14. The van der Waals surface area contributed by atoms with E-state index < -0.39 is 5.97 Å². The molecule has 3 heterocycles. The number of pyridine rings is 1. The summed E-state index contributed by atoms with van der Waals surface area (Å²) in [7, 11) is 1.36. The summed E-state index contributed by atoms with van der Waals surface area (Å²) < 4.78 is 6.76. The van der Waals surface area contributed by atoms with E-state index in [0.717, 1.165) is 31.8 Å². The summed E-state index contributed by atoms with van der Waals surface area (Å²) >= 11 is 6.26. The van der Waals surface area contributed by atoms with Crippen molar-refractivity contribution in [2.75, 3.05) is 20.2 Å². The zero-order valence-corrected chi connectivity index (χ0v) is 12.7. The van der Waals surface area contributed by atoms with E-state index in [1.54, 1.807) is 6.07 Å². The third kappa shape index (κ3) is 2.63. The Balaban J connectivity index is 2.14. The van der Waals surface area contributed by atoms with Gasteiger partial charge in [-0.15, -0.1) is 0 Å². The van der Waals surface area contributed by atoms with Gasteiger partial charge >= 0.3 is 5.97 Å². The van der Waals surface area contributed by atoms with Crippen molar-refractivity contribution in [2.45, 2.75) is 25.2 Å². The number of methoxy groups -OCH3 is 1. The summed E-state index contributed by atoms with van der Waals surface area (Å²) in [4.78, 5) is 16.5. The molecule has 0 bridgehead atoms. The normalized spacial score (nSPS) is 19.4. The second kappa shape index (κ2) is 6.03. The molecule has 1 N–H and O–H groups in total. The number of esters is 1. The van der Waals surface area contributed by atoms with Gasteiger partial charge in [-0.3, -0.25) is 0 Å². The Hall–Kier alpha value is -1.59. The second-order valence-electron chi connectivity index (χ2n) is 5.28. The SMILES string of the molecule is COC(=O)c1nc(C2CCCCNC2)n2cccc(Cl)c12. The number of hydrogen-bond donors (Lipinski definition) is 1. The van der Waals surface area contributed by atoms with Crippen LogP contribution >= 0.6 is 11.6 Å². The molecule has 1 fully saturated rings. The third-order valence-electron chi connectivity index (χ3n) is 3.93. The lowest BCUT2D eigenvalue weighted by molar-refractivity contribution is 0.0596. The van der Waals surface area contributed by atoms with Crippen LogP contribution in [-0.2, 0) is 4.74 Å². The van der Waals surface area contributed by atoms with E-state index in [-0.39, 0.29) is 5.92 Å². The highest BCUT2D eigenvalue weighted by atomic mass is 35.5. The number of aromatic nitrogens is 2. The summed E-state index contributed by atoms with van der Waals surface area (Å²) in [6.07, 6.45) is 5.28. The van der Waals surface area contributed by atoms with Crippen LogP contribution in [0.4, 0.5) is 0 Å². The third-order valence-corrected chi connectivity index (χ3v) is 4.24. The fraction of sp³-hybridized carbons (Fsp3) is 0.467. The van der Waals surface area contributed by atoms with Crippen LogP contribution < -0.4 is 5.32 Å². The minimum Gasteiger partial charge on any atom is -0.464 e. The van der Waals surface area contributed by atoms with E-state index in [1.165, 1.54) is 13.5 Å². The van der Waals surface area contributed by atoms with Crippen LogP contribution in [0.15, 0.2) is 18.3 Å². The van der Waals surface area contributed by atoms with E-state index in [9.17, 15) is 4.79 Å². The first-order chi connectivity index (χ1) is 10.2. The Bertz CT molecular complexity index is 660. The topological polar surface area (TPSA) is 55.6 Å². The molecule has 2 aromatic rings. The maximum atomic E-state index is 12.0. The zero-order chi connectivity index (χ0) is 14.8. The average molecular weight is 308 g/mol. The molecule has 1 unspecified atom stereocenters. The van der Waals surface area contributed by atoms with E-state index in [4.69, 9.17) is 16.3 Å². The predicted octanol–water partition coefficient (Wildman–Crippen LogP) is 2.63. The van der Waals surface area contributed by atoms with E-state index in [1.807, 2.05) is 16.7 Å². The summed E-state index contributed by atoms with van der Waals surface area (Å²) in [5.41, 5.74) is 0.924. The molecule has 5 nitrogen and oxygen atoms in total.